The molecule has 2 aromatic rings. The molecule has 0 radical (unpaired) electrons. The van der Waals surface area contributed by atoms with Crippen LogP contribution in [0.25, 0.3) is 0 Å². The van der Waals surface area contributed by atoms with E-state index in [1.165, 1.54) is 10.7 Å². The van der Waals surface area contributed by atoms with E-state index < -0.39 is 5.92 Å². The summed E-state index contributed by atoms with van der Waals surface area (Å²) in [6, 6.07) is 11.0. The fourth-order valence-electron chi connectivity index (χ4n) is 1.87. The first-order chi connectivity index (χ1) is 10.1. The molecule has 5 nitrogen and oxygen atoms in total. The van der Waals surface area contributed by atoms with Crippen molar-refractivity contribution < 1.29 is 9.53 Å². The van der Waals surface area contributed by atoms with Crippen LogP contribution in [0.5, 0.6) is 0 Å². The van der Waals surface area contributed by atoms with Crippen molar-refractivity contribution in [3.63, 3.8) is 0 Å². The summed E-state index contributed by atoms with van der Waals surface area (Å²) in [5, 5.41) is 4.01. The fourth-order valence-corrected chi connectivity index (χ4v) is 1.87. The van der Waals surface area contributed by atoms with Gasteiger partial charge in [0.2, 0.25) is 0 Å². The molecule has 0 aliphatic rings. The lowest BCUT2D eigenvalue weighted by Crippen LogP contribution is -2.29. The Morgan fingerprint density at radius 1 is 1.33 bits per heavy atom. The van der Waals surface area contributed by atoms with Gasteiger partial charge in [0.05, 0.1) is 18.7 Å². The first-order valence-corrected chi connectivity index (χ1v) is 6.80. The van der Waals surface area contributed by atoms with Crippen molar-refractivity contribution >= 4 is 5.97 Å². The Hall–Kier alpha value is -2.43. The minimum Gasteiger partial charge on any atom is -0.461 e. The van der Waals surface area contributed by atoms with E-state index in [-0.39, 0.29) is 24.7 Å². The van der Waals surface area contributed by atoms with E-state index in [2.05, 4.69) is 5.10 Å². The van der Waals surface area contributed by atoms with Gasteiger partial charge in [0.1, 0.15) is 6.61 Å². The molecule has 0 spiro atoms. The largest absolute Gasteiger partial charge is 0.461 e. The molecule has 0 bridgehead atoms. The van der Waals surface area contributed by atoms with Gasteiger partial charge in [-0.1, -0.05) is 37.3 Å². The summed E-state index contributed by atoms with van der Waals surface area (Å²) >= 11 is 0. The van der Waals surface area contributed by atoms with Gasteiger partial charge in [-0.3, -0.25) is 9.59 Å². The van der Waals surface area contributed by atoms with Crippen LogP contribution in [-0.4, -0.2) is 15.7 Å². The van der Waals surface area contributed by atoms with Gasteiger partial charge < -0.3 is 4.74 Å². The molecule has 1 unspecified atom stereocenters. The van der Waals surface area contributed by atoms with Crippen LogP contribution >= 0.6 is 0 Å². The lowest BCUT2D eigenvalue weighted by molar-refractivity contribution is -0.149. The molecule has 21 heavy (non-hydrogen) atoms. The number of aryl methyl sites for hydroxylation is 1. The molecular weight excluding hydrogens is 268 g/mol. The first-order valence-electron chi connectivity index (χ1n) is 6.80. The number of benzene rings is 1. The van der Waals surface area contributed by atoms with E-state index in [0.717, 1.165) is 11.1 Å². The van der Waals surface area contributed by atoms with Gasteiger partial charge in [-0.15, -0.1) is 0 Å². The van der Waals surface area contributed by atoms with Gasteiger partial charge in [-0.25, -0.2) is 4.68 Å². The number of esters is 1. The van der Waals surface area contributed by atoms with Crippen molar-refractivity contribution in [3.8, 4) is 0 Å². The maximum Gasteiger partial charge on any atom is 0.310 e. The highest BCUT2D eigenvalue weighted by Gasteiger charge is 2.16. The highest BCUT2D eigenvalue weighted by Crippen LogP contribution is 2.06. The quantitative estimate of drug-likeness (QED) is 0.788. The van der Waals surface area contributed by atoms with Crippen LogP contribution in [0.1, 0.15) is 18.1 Å². The molecule has 0 aliphatic heterocycles. The van der Waals surface area contributed by atoms with Crippen molar-refractivity contribution in [1.82, 2.24) is 9.78 Å². The van der Waals surface area contributed by atoms with Crippen molar-refractivity contribution in [2.24, 2.45) is 5.92 Å². The van der Waals surface area contributed by atoms with Gasteiger partial charge in [0.25, 0.3) is 5.56 Å². The maximum atomic E-state index is 11.9. The molecule has 0 fully saturated rings. The molecule has 0 aliphatic carbocycles. The molecule has 1 heterocycles. The second-order valence-electron chi connectivity index (χ2n) is 5.05. The average molecular weight is 286 g/mol. The van der Waals surface area contributed by atoms with Crippen LogP contribution in [0.3, 0.4) is 0 Å². The van der Waals surface area contributed by atoms with E-state index >= 15 is 0 Å². The third kappa shape index (κ3) is 4.27. The van der Waals surface area contributed by atoms with E-state index in [4.69, 9.17) is 4.74 Å². The first kappa shape index (κ1) is 15.0. The smallest absolute Gasteiger partial charge is 0.310 e. The van der Waals surface area contributed by atoms with Crippen LogP contribution in [0.2, 0.25) is 0 Å². The van der Waals surface area contributed by atoms with Crippen LogP contribution < -0.4 is 5.56 Å². The molecule has 1 aromatic heterocycles. The Morgan fingerprint density at radius 2 is 2.05 bits per heavy atom. The average Bonchev–Trinajstić information content (AvgIpc) is 2.48. The molecular formula is C16H18N2O3. The molecule has 0 N–H and O–H groups in total. The van der Waals surface area contributed by atoms with Gasteiger partial charge in [0, 0.05) is 6.07 Å². The molecule has 0 saturated heterocycles. The van der Waals surface area contributed by atoms with Crippen molar-refractivity contribution in [1.29, 1.82) is 0 Å². The lowest BCUT2D eigenvalue weighted by atomic mass is 10.2. The van der Waals surface area contributed by atoms with E-state index in [1.807, 2.05) is 30.3 Å². The predicted octanol–water partition coefficient (Wildman–Crippen LogP) is 1.93. The van der Waals surface area contributed by atoms with Crippen LogP contribution in [0, 0.1) is 12.8 Å². The molecule has 1 aromatic carbocycles. The predicted molar refractivity (Wildman–Crippen MR) is 78.6 cm³/mol. The van der Waals surface area contributed by atoms with Crippen molar-refractivity contribution in [3.05, 3.63) is 64.1 Å². The number of aromatic nitrogens is 2. The van der Waals surface area contributed by atoms with Crippen molar-refractivity contribution in [2.75, 3.05) is 0 Å². The minimum absolute atomic E-state index is 0.210. The summed E-state index contributed by atoms with van der Waals surface area (Å²) < 4.78 is 6.52. The van der Waals surface area contributed by atoms with Crippen LogP contribution in [0.15, 0.2) is 47.4 Å². The van der Waals surface area contributed by atoms with Crippen LogP contribution in [-0.2, 0) is 22.7 Å². The van der Waals surface area contributed by atoms with Crippen molar-refractivity contribution in [2.45, 2.75) is 27.0 Å². The van der Waals surface area contributed by atoms with Gasteiger partial charge >= 0.3 is 5.97 Å². The number of carbonyl (C=O) groups is 1. The van der Waals surface area contributed by atoms with Gasteiger partial charge in [-0.05, 0) is 18.1 Å². The second-order valence-corrected chi connectivity index (χ2v) is 5.05. The Bertz CT molecular complexity index is 665. The second kappa shape index (κ2) is 6.83. The summed E-state index contributed by atoms with van der Waals surface area (Å²) in [5.74, 6) is -0.769. The summed E-state index contributed by atoms with van der Waals surface area (Å²) in [6.07, 6.45) is 1.60. The summed E-state index contributed by atoms with van der Waals surface area (Å²) in [6.45, 7) is 3.98. The molecule has 1 atom stereocenters. The zero-order chi connectivity index (χ0) is 15.2. The summed E-state index contributed by atoms with van der Waals surface area (Å²) in [5.41, 5.74) is 1.52. The number of ether oxygens (including phenoxy) is 1. The zero-order valence-corrected chi connectivity index (χ0v) is 12.2. The third-order valence-electron chi connectivity index (χ3n) is 3.08. The van der Waals surface area contributed by atoms with E-state index in [9.17, 15) is 9.59 Å². The molecule has 0 amide bonds. The maximum absolute atomic E-state index is 11.9. The zero-order valence-electron chi connectivity index (χ0n) is 12.2. The van der Waals surface area contributed by atoms with E-state index in [1.54, 1.807) is 20.0 Å². The third-order valence-corrected chi connectivity index (χ3v) is 3.08. The molecule has 2 rings (SSSR count). The molecule has 110 valence electrons. The monoisotopic (exact) mass is 286 g/mol. The molecule has 0 saturated carbocycles. The topological polar surface area (TPSA) is 61.2 Å². The van der Waals surface area contributed by atoms with Crippen LogP contribution in [0.4, 0.5) is 0 Å². The Labute approximate surface area is 123 Å². The number of carbonyl (C=O) groups excluding carboxylic acids is 1. The SMILES string of the molecule is Cc1cnn(CC(C)C(=O)OCc2ccccc2)c(=O)c1. The minimum atomic E-state index is -0.429. The summed E-state index contributed by atoms with van der Waals surface area (Å²) in [4.78, 5) is 23.7. The highest BCUT2D eigenvalue weighted by atomic mass is 16.5. The standard InChI is InChI=1S/C16H18N2O3/c1-12-8-15(19)18(17-9-12)10-13(2)16(20)21-11-14-6-4-3-5-7-14/h3-9,13H,10-11H2,1-2H3. The Balaban J connectivity index is 1.92. The van der Waals surface area contributed by atoms with Gasteiger partial charge in [-0.2, -0.15) is 5.10 Å². The normalized spacial score (nSPS) is 11.9. The highest BCUT2D eigenvalue weighted by molar-refractivity contribution is 5.71. The van der Waals surface area contributed by atoms with E-state index in [0.29, 0.717) is 0 Å². The van der Waals surface area contributed by atoms with Gasteiger partial charge in [0.15, 0.2) is 0 Å². The number of rotatable bonds is 5. The Kier molecular flexibility index (Phi) is 4.87. The lowest BCUT2D eigenvalue weighted by Gasteiger charge is -2.12. The number of hydrogen-bond acceptors (Lipinski definition) is 4. The number of hydrogen-bond donors (Lipinski definition) is 0. The fraction of sp³-hybridized carbons (Fsp3) is 0.312. The Morgan fingerprint density at radius 3 is 2.71 bits per heavy atom. The summed E-state index contributed by atoms with van der Waals surface area (Å²) in [7, 11) is 0. The molecule has 5 heteroatoms. The number of nitrogens with zero attached hydrogens (tertiary/aromatic N) is 2.